The van der Waals surface area contributed by atoms with E-state index in [2.05, 4.69) is 0 Å². The normalized spacial score (nSPS) is 12.5. The molecular formula is C9H7ClF3NO4S. The molecule has 0 aliphatic rings. The van der Waals surface area contributed by atoms with Crippen molar-refractivity contribution in [2.45, 2.75) is 24.4 Å². The number of non-ortho nitro benzene ring substituents is 1. The minimum Gasteiger partial charge on any atom is -0.258 e. The highest BCUT2D eigenvalue weighted by Gasteiger charge is 2.40. The van der Waals surface area contributed by atoms with Gasteiger partial charge in [0, 0.05) is 22.8 Å². The molecule has 0 unspecified atom stereocenters. The summed E-state index contributed by atoms with van der Waals surface area (Å²) in [4.78, 5) is 8.32. The van der Waals surface area contributed by atoms with E-state index < -0.39 is 41.9 Å². The third-order valence-electron chi connectivity index (χ3n) is 2.31. The third-order valence-corrected chi connectivity index (χ3v) is 3.65. The van der Waals surface area contributed by atoms with E-state index in [1.54, 1.807) is 0 Å². The fourth-order valence-corrected chi connectivity index (χ4v) is 2.67. The van der Waals surface area contributed by atoms with Crippen LogP contribution in [-0.2, 0) is 21.6 Å². The SMILES string of the molecule is CCc1cc([N+](=O)[O-])cc(S(=O)(=O)Cl)c1C(F)(F)F. The average molecular weight is 318 g/mol. The lowest BCUT2D eigenvalue weighted by atomic mass is 10.0. The second-order valence-corrected chi connectivity index (χ2v) is 6.06. The first-order chi connectivity index (χ1) is 8.48. The summed E-state index contributed by atoms with van der Waals surface area (Å²) < 4.78 is 61.0. The summed E-state index contributed by atoms with van der Waals surface area (Å²) >= 11 is 0. The molecule has 0 aliphatic carbocycles. The van der Waals surface area contributed by atoms with Crippen molar-refractivity contribution >= 4 is 25.4 Å². The summed E-state index contributed by atoms with van der Waals surface area (Å²) in [6.07, 6.45) is -5.20. The van der Waals surface area contributed by atoms with Crippen molar-refractivity contribution < 1.29 is 26.5 Å². The second kappa shape index (κ2) is 4.97. The molecule has 0 heterocycles. The Morgan fingerprint density at radius 2 is 1.89 bits per heavy atom. The van der Waals surface area contributed by atoms with Crippen LogP contribution in [0, 0.1) is 10.1 Å². The molecule has 106 valence electrons. The Morgan fingerprint density at radius 1 is 1.37 bits per heavy atom. The van der Waals surface area contributed by atoms with E-state index in [9.17, 15) is 31.7 Å². The molecule has 0 saturated heterocycles. The van der Waals surface area contributed by atoms with Crippen molar-refractivity contribution in [2.24, 2.45) is 0 Å². The Kier molecular flexibility index (Phi) is 4.11. The molecule has 0 radical (unpaired) electrons. The monoisotopic (exact) mass is 317 g/mol. The molecular weight excluding hydrogens is 311 g/mol. The Morgan fingerprint density at radius 3 is 2.21 bits per heavy atom. The van der Waals surface area contributed by atoms with Gasteiger partial charge < -0.3 is 0 Å². The molecule has 0 atom stereocenters. The van der Waals surface area contributed by atoms with Gasteiger partial charge in [-0.1, -0.05) is 6.92 Å². The lowest BCUT2D eigenvalue weighted by Crippen LogP contribution is -2.14. The van der Waals surface area contributed by atoms with Gasteiger partial charge in [-0.05, 0) is 12.0 Å². The van der Waals surface area contributed by atoms with Crippen LogP contribution in [0.5, 0.6) is 0 Å². The summed E-state index contributed by atoms with van der Waals surface area (Å²) in [6, 6.07) is 0.999. The number of nitro groups is 1. The van der Waals surface area contributed by atoms with Gasteiger partial charge in [0.05, 0.1) is 10.5 Å². The van der Waals surface area contributed by atoms with Crippen molar-refractivity contribution in [3.63, 3.8) is 0 Å². The van der Waals surface area contributed by atoms with E-state index in [0.717, 1.165) is 0 Å². The van der Waals surface area contributed by atoms with E-state index in [0.29, 0.717) is 12.1 Å². The summed E-state index contributed by atoms with van der Waals surface area (Å²) in [7, 11) is 0.168. The Hall–Kier alpha value is -1.35. The van der Waals surface area contributed by atoms with Gasteiger partial charge in [0.25, 0.3) is 14.7 Å². The van der Waals surface area contributed by atoms with Gasteiger partial charge in [-0.25, -0.2) is 8.42 Å². The number of aryl methyl sites for hydroxylation is 1. The standard InChI is InChI=1S/C9H7ClF3NO4S/c1-2-5-3-6(14(15)16)4-7(19(10,17)18)8(5)9(11,12)13/h3-4H,2H2,1H3. The first-order valence-corrected chi connectivity index (χ1v) is 7.12. The molecule has 0 aromatic heterocycles. The topological polar surface area (TPSA) is 77.3 Å². The van der Waals surface area contributed by atoms with E-state index in [4.69, 9.17) is 10.7 Å². The van der Waals surface area contributed by atoms with Gasteiger partial charge in [0.1, 0.15) is 4.90 Å². The minimum absolute atomic E-state index is 0.226. The van der Waals surface area contributed by atoms with E-state index in [-0.39, 0.29) is 6.42 Å². The van der Waals surface area contributed by atoms with E-state index >= 15 is 0 Å². The van der Waals surface area contributed by atoms with Crippen LogP contribution in [0.1, 0.15) is 18.1 Å². The molecule has 10 heteroatoms. The van der Waals surface area contributed by atoms with Gasteiger partial charge in [0.2, 0.25) is 0 Å². The van der Waals surface area contributed by atoms with Crippen LogP contribution in [0.15, 0.2) is 17.0 Å². The minimum atomic E-state index is -4.97. The Bertz CT molecular complexity index is 627. The van der Waals surface area contributed by atoms with Crippen molar-refractivity contribution in [1.29, 1.82) is 0 Å². The molecule has 0 saturated carbocycles. The highest BCUT2D eigenvalue weighted by Crippen LogP contribution is 2.40. The number of halogens is 4. The zero-order valence-electron chi connectivity index (χ0n) is 9.36. The number of rotatable bonds is 3. The largest absolute Gasteiger partial charge is 0.417 e. The lowest BCUT2D eigenvalue weighted by molar-refractivity contribution is -0.385. The van der Waals surface area contributed by atoms with Crippen LogP contribution >= 0.6 is 10.7 Å². The van der Waals surface area contributed by atoms with Gasteiger partial charge >= 0.3 is 6.18 Å². The Balaban J connectivity index is 3.84. The van der Waals surface area contributed by atoms with Crippen molar-refractivity contribution in [1.82, 2.24) is 0 Å². The number of nitrogens with zero attached hydrogens (tertiary/aromatic N) is 1. The van der Waals surface area contributed by atoms with Gasteiger partial charge in [-0.3, -0.25) is 10.1 Å². The van der Waals surface area contributed by atoms with Crippen LogP contribution in [0.2, 0.25) is 0 Å². The molecule has 0 fully saturated rings. The van der Waals surface area contributed by atoms with Crippen LogP contribution < -0.4 is 0 Å². The van der Waals surface area contributed by atoms with Crippen LogP contribution in [-0.4, -0.2) is 13.3 Å². The summed E-state index contributed by atoms with van der Waals surface area (Å²) in [5.74, 6) is 0. The highest BCUT2D eigenvalue weighted by atomic mass is 35.7. The molecule has 5 nitrogen and oxygen atoms in total. The van der Waals surface area contributed by atoms with Crippen molar-refractivity contribution in [3.8, 4) is 0 Å². The molecule has 0 aliphatic heterocycles. The summed E-state index contributed by atoms with van der Waals surface area (Å²) in [5, 5.41) is 10.6. The zero-order chi connectivity index (χ0) is 15.0. The lowest BCUT2D eigenvalue weighted by Gasteiger charge is -2.14. The predicted molar refractivity (Wildman–Crippen MR) is 60.5 cm³/mol. The number of nitro benzene ring substituents is 1. The van der Waals surface area contributed by atoms with Crippen molar-refractivity contribution in [2.75, 3.05) is 0 Å². The second-order valence-electron chi connectivity index (χ2n) is 3.52. The molecule has 19 heavy (non-hydrogen) atoms. The summed E-state index contributed by atoms with van der Waals surface area (Å²) in [6.45, 7) is 1.32. The first-order valence-electron chi connectivity index (χ1n) is 4.81. The maximum Gasteiger partial charge on any atom is 0.417 e. The third kappa shape index (κ3) is 3.35. The average Bonchev–Trinajstić information content (AvgIpc) is 2.24. The number of hydrogen-bond donors (Lipinski definition) is 0. The smallest absolute Gasteiger partial charge is 0.258 e. The quantitative estimate of drug-likeness (QED) is 0.487. The number of benzene rings is 1. The van der Waals surface area contributed by atoms with E-state index in [1.807, 2.05) is 0 Å². The van der Waals surface area contributed by atoms with E-state index in [1.165, 1.54) is 6.92 Å². The molecule has 1 aromatic rings. The highest BCUT2D eigenvalue weighted by molar-refractivity contribution is 8.13. The fraction of sp³-hybridized carbons (Fsp3) is 0.333. The number of hydrogen-bond acceptors (Lipinski definition) is 4. The molecule has 0 amide bonds. The van der Waals surface area contributed by atoms with Gasteiger partial charge in [-0.15, -0.1) is 0 Å². The molecule has 1 aromatic carbocycles. The van der Waals surface area contributed by atoms with Crippen LogP contribution in [0.4, 0.5) is 18.9 Å². The Labute approximate surface area is 110 Å². The summed E-state index contributed by atoms with van der Waals surface area (Å²) in [5.41, 5.74) is -2.72. The predicted octanol–water partition coefficient (Wildman–Crippen LogP) is 3.10. The molecule has 1 rings (SSSR count). The molecule has 0 spiro atoms. The number of alkyl halides is 3. The first kappa shape index (κ1) is 15.7. The molecule has 0 N–H and O–H groups in total. The van der Waals surface area contributed by atoms with Gasteiger partial charge in [-0.2, -0.15) is 13.2 Å². The van der Waals surface area contributed by atoms with Crippen molar-refractivity contribution in [3.05, 3.63) is 33.4 Å². The maximum absolute atomic E-state index is 12.9. The van der Waals surface area contributed by atoms with Crippen LogP contribution in [0.25, 0.3) is 0 Å². The van der Waals surface area contributed by atoms with Crippen LogP contribution in [0.3, 0.4) is 0 Å². The fourth-order valence-electron chi connectivity index (χ4n) is 1.56. The maximum atomic E-state index is 12.9. The van der Waals surface area contributed by atoms with Gasteiger partial charge in [0.15, 0.2) is 0 Å². The zero-order valence-corrected chi connectivity index (χ0v) is 10.9. The molecule has 0 bridgehead atoms.